The van der Waals surface area contributed by atoms with Crippen LogP contribution in [0.25, 0.3) is 0 Å². The van der Waals surface area contributed by atoms with Crippen LogP contribution in [0.15, 0.2) is 72.1 Å². The number of thiophene rings is 1. The highest BCUT2D eigenvalue weighted by Gasteiger charge is 2.26. The van der Waals surface area contributed by atoms with Crippen molar-refractivity contribution in [2.75, 3.05) is 10.2 Å². The number of hydrogen-bond acceptors (Lipinski definition) is 3. The van der Waals surface area contributed by atoms with Crippen molar-refractivity contribution in [3.8, 4) is 0 Å². The van der Waals surface area contributed by atoms with E-state index in [1.807, 2.05) is 80.3 Å². The van der Waals surface area contributed by atoms with Gasteiger partial charge in [0.15, 0.2) is 0 Å². The SMILES string of the molecule is Cc1cc(NC(=O)c2cccc(C)c2C)ccc1C(=O)N1Cc2ccsc2Cc2ccccc21. The van der Waals surface area contributed by atoms with Crippen LogP contribution in [0.1, 0.15) is 53.4 Å². The molecule has 170 valence electrons. The van der Waals surface area contributed by atoms with Crippen LogP contribution in [0.5, 0.6) is 0 Å². The Bertz CT molecular complexity index is 1420. The first-order chi connectivity index (χ1) is 16.4. The van der Waals surface area contributed by atoms with Gasteiger partial charge in [0, 0.05) is 33.8 Å². The predicted octanol–water partition coefficient (Wildman–Crippen LogP) is 6.68. The lowest BCUT2D eigenvalue weighted by Crippen LogP contribution is -2.31. The average molecular weight is 467 g/mol. The molecule has 0 saturated carbocycles. The number of nitrogens with one attached hydrogen (secondary N) is 1. The number of hydrogen-bond donors (Lipinski definition) is 1. The van der Waals surface area contributed by atoms with Gasteiger partial charge in [-0.15, -0.1) is 11.3 Å². The summed E-state index contributed by atoms with van der Waals surface area (Å²) >= 11 is 1.74. The van der Waals surface area contributed by atoms with Crippen LogP contribution in [0.4, 0.5) is 11.4 Å². The molecule has 1 aliphatic heterocycles. The molecule has 1 aliphatic rings. The fourth-order valence-corrected chi connectivity index (χ4v) is 5.44. The topological polar surface area (TPSA) is 49.4 Å². The zero-order valence-electron chi connectivity index (χ0n) is 19.5. The molecular weight excluding hydrogens is 440 g/mol. The van der Waals surface area contributed by atoms with Gasteiger partial charge in [-0.3, -0.25) is 9.59 Å². The monoisotopic (exact) mass is 466 g/mol. The molecule has 34 heavy (non-hydrogen) atoms. The lowest BCUT2D eigenvalue weighted by Gasteiger charge is -2.24. The second kappa shape index (κ2) is 8.92. The van der Waals surface area contributed by atoms with Crippen LogP contribution < -0.4 is 10.2 Å². The van der Waals surface area contributed by atoms with Gasteiger partial charge in [0.25, 0.3) is 11.8 Å². The standard InChI is InChI=1S/C29H26N2O2S/c1-18-7-6-9-25(20(18)3)28(32)30-23-11-12-24(19(2)15-23)29(33)31-17-22-13-14-34-27(22)16-21-8-4-5-10-26(21)31/h4-15H,16-17H2,1-3H3,(H,30,32). The van der Waals surface area contributed by atoms with Crippen molar-refractivity contribution in [2.45, 2.75) is 33.7 Å². The molecule has 0 atom stereocenters. The molecule has 5 heteroatoms. The summed E-state index contributed by atoms with van der Waals surface area (Å²) in [7, 11) is 0. The zero-order valence-corrected chi connectivity index (χ0v) is 20.3. The first kappa shape index (κ1) is 22.1. The molecule has 0 aliphatic carbocycles. The molecule has 4 aromatic rings. The van der Waals surface area contributed by atoms with Crippen LogP contribution in [0, 0.1) is 20.8 Å². The normalized spacial score (nSPS) is 12.5. The maximum absolute atomic E-state index is 13.7. The molecule has 0 saturated heterocycles. The Kier molecular flexibility index (Phi) is 5.80. The number of rotatable bonds is 3. The predicted molar refractivity (Wildman–Crippen MR) is 139 cm³/mol. The van der Waals surface area contributed by atoms with Gasteiger partial charge in [0.1, 0.15) is 0 Å². The third-order valence-corrected chi connectivity index (χ3v) is 7.57. The Morgan fingerprint density at radius 3 is 2.50 bits per heavy atom. The van der Waals surface area contributed by atoms with Crippen LogP contribution in [0.2, 0.25) is 0 Å². The van der Waals surface area contributed by atoms with E-state index in [4.69, 9.17) is 0 Å². The molecule has 0 fully saturated rings. The molecular formula is C29H26N2O2S. The third kappa shape index (κ3) is 4.03. The molecule has 1 aromatic heterocycles. The largest absolute Gasteiger partial charge is 0.322 e. The minimum atomic E-state index is -0.147. The quantitative estimate of drug-likeness (QED) is 0.366. The molecule has 4 nitrogen and oxygen atoms in total. The van der Waals surface area contributed by atoms with E-state index in [9.17, 15) is 9.59 Å². The number of aryl methyl sites for hydroxylation is 2. The van der Waals surface area contributed by atoms with E-state index >= 15 is 0 Å². The van der Waals surface area contributed by atoms with Crippen molar-refractivity contribution in [2.24, 2.45) is 0 Å². The van der Waals surface area contributed by atoms with Crippen LogP contribution in [0.3, 0.4) is 0 Å². The van der Waals surface area contributed by atoms with Gasteiger partial charge < -0.3 is 10.2 Å². The zero-order chi connectivity index (χ0) is 23.8. The maximum Gasteiger partial charge on any atom is 0.258 e. The van der Waals surface area contributed by atoms with E-state index in [1.165, 1.54) is 10.4 Å². The van der Waals surface area contributed by atoms with Crippen LogP contribution in [-0.2, 0) is 13.0 Å². The highest BCUT2D eigenvalue weighted by Crippen LogP contribution is 2.34. The van der Waals surface area contributed by atoms with Gasteiger partial charge in [0.2, 0.25) is 0 Å². The van der Waals surface area contributed by atoms with Gasteiger partial charge in [-0.1, -0.05) is 30.3 Å². The fourth-order valence-electron chi connectivity index (χ4n) is 4.52. The molecule has 0 unspecified atom stereocenters. The Balaban J connectivity index is 1.43. The highest BCUT2D eigenvalue weighted by atomic mass is 32.1. The number of para-hydroxylation sites is 1. The minimum absolute atomic E-state index is 0.0311. The summed E-state index contributed by atoms with van der Waals surface area (Å²) in [6, 6.07) is 21.5. The van der Waals surface area contributed by atoms with Crippen molar-refractivity contribution in [1.82, 2.24) is 0 Å². The summed E-state index contributed by atoms with van der Waals surface area (Å²) in [5.74, 6) is -0.178. The fraction of sp³-hybridized carbons (Fsp3) is 0.172. The minimum Gasteiger partial charge on any atom is -0.322 e. The average Bonchev–Trinajstić information content (AvgIpc) is 3.19. The highest BCUT2D eigenvalue weighted by molar-refractivity contribution is 7.10. The molecule has 0 spiro atoms. The van der Waals surface area contributed by atoms with Gasteiger partial charge in [-0.2, -0.15) is 0 Å². The van der Waals surface area contributed by atoms with E-state index in [1.54, 1.807) is 11.3 Å². The smallest absolute Gasteiger partial charge is 0.258 e. The Morgan fingerprint density at radius 2 is 1.68 bits per heavy atom. The summed E-state index contributed by atoms with van der Waals surface area (Å²) in [5, 5.41) is 5.08. The van der Waals surface area contributed by atoms with Crippen molar-refractivity contribution in [1.29, 1.82) is 0 Å². The van der Waals surface area contributed by atoms with E-state index < -0.39 is 0 Å². The third-order valence-electron chi connectivity index (χ3n) is 6.61. The number of amides is 2. The van der Waals surface area contributed by atoms with Gasteiger partial charge in [-0.25, -0.2) is 0 Å². The number of fused-ring (bicyclic) bond motifs is 2. The molecule has 2 heterocycles. The second-order valence-electron chi connectivity index (χ2n) is 8.80. The van der Waals surface area contributed by atoms with E-state index in [2.05, 4.69) is 22.8 Å². The molecule has 0 bridgehead atoms. The summed E-state index contributed by atoms with van der Waals surface area (Å²) in [5.41, 5.74) is 8.17. The summed E-state index contributed by atoms with van der Waals surface area (Å²) < 4.78 is 0. The molecule has 3 aromatic carbocycles. The van der Waals surface area contributed by atoms with Crippen molar-refractivity contribution < 1.29 is 9.59 Å². The summed E-state index contributed by atoms with van der Waals surface area (Å²) in [6.45, 7) is 6.42. The van der Waals surface area contributed by atoms with E-state index in [-0.39, 0.29) is 11.8 Å². The van der Waals surface area contributed by atoms with Gasteiger partial charge in [-0.05, 0) is 90.4 Å². The Morgan fingerprint density at radius 1 is 0.853 bits per heavy atom. The number of carbonyl (C=O) groups is 2. The van der Waals surface area contributed by atoms with Crippen molar-refractivity contribution >= 4 is 34.5 Å². The number of nitrogens with zero attached hydrogens (tertiary/aromatic N) is 1. The van der Waals surface area contributed by atoms with E-state index in [0.717, 1.165) is 34.4 Å². The van der Waals surface area contributed by atoms with Gasteiger partial charge >= 0.3 is 0 Å². The molecule has 5 rings (SSSR count). The Labute approximate surface area is 203 Å². The Hall–Kier alpha value is -3.70. The number of carbonyl (C=O) groups excluding carboxylic acids is 2. The first-order valence-corrected chi connectivity index (χ1v) is 12.2. The lowest BCUT2D eigenvalue weighted by atomic mass is 10.0. The molecule has 0 radical (unpaired) electrons. The van der Waals surface area contributed by atoms with Crippen molar-refractivity contribution in [3.05, 3.63) is 116 Å². The van der Waals surface area contributed by atoms with Crippen molar-refractivity contribution in [3.63, 3.8) is 0 Å². The maximum atomic E-state index is 13.7. The molecule has 2 amide bonds. The summed E-state index contributed by atoms with van der Waals surface area (Å²) in [6.07, 6.45) is 0.843. The summed E-state index contributed by atoms with van der Waals surface area (Å²) in [4.78, 5) is 29.8. The van der Waals surface area contributed by atoms with Crippen LogP contribution in [-0.4, -0.2) is 11.8 Å². The lowest BCUT2D eigenvalue weighted by molar-refractivity contribution is 0.0983. The van der Waals surface area contributed by atoms with Crippen LogP contribution >= 0.6 is 11.3 Å². The number of benzene rings is 3. The first-order valence-electron chi connectivity index (χ1n) is 11.4. The second-order valence-corrected chi connectivity index (χ2v) is 9.80. The molecule has 1 N–H and O–H groups in total. The van der Waals surface area contributed by atoms with Gasteiger partial charge in [0.05, 0.1) is 6.54 Å². The van der Waals surface area contributed by atoms with E-state index in [0.29, 0.717) is 23.4 Å². The number of anilines is 2.